The SMILES string of the molecule is Cc1ccccc1P(c1ccccc1C)[C@H]1CCCC1[C@@H](C)P(C(C)(C)C)C(C)(C)C. The van der Waals surface area contributed by atoms with Gasteiger partial charge in [-0.25, -0.2) is 0 Å². The Bertz CT molecular complexity index is 811. The second-order valence-electron chi connectivity index (χ2n) is 11.6. The first-order valence-electron chi connectivity index (χ1n) is 12.1. The first kappa shape index (κ1) is 24.9. The summed E-state index contributed by atoms with van der Waals surface area (Å²) in [6, 6.07) is 18.5. The van der Waals surface area contributed by atoms with E-state index in [9.17, 15) is 0 Å². The third-order valence-electron chi connectivity index (χ3n) is 7.09. The van der Waals surface area contributed by atoms with Crippen LogP contribution in [0.25, 0.3) is 0 Å². The molecule has 31 heavy (non-hydrogen) atoms. The number of hydrogen-bond acceptors (Lipinski definition) is 0. The van der Waals surface area contributed by atoms with Crippen molar-refractivity contribution in [1.82, 2.24) is 0 Å². The molecule has 0 spiro atoms. The quantitative estimate of drug-likeness (QED) is 0.398. The van der Waals surface area contributed by atoms with Crippen molar-refractivity contribution >= 4 is 26.5 Å². The molecule has 3 atom stereocenters. The number of benzene rings is 2. The highest BCUT2D eigenvalue weighted by molar-refractivity contribution is 7.74. The largest absolute Gasteiger partial charge is 0.0924 e. The molecular weight excluding hydrogens is 410 g/mol. The average molecular weight is 455 g/mol. The Balaban J connectivity index is 2.09. The van der Waals surface area contributed by atoms with Crippen molar-refractivity contribution in [3.63, 3.8) is 0 Å². The maximum Gasteiger partial charge on any atom is -0.00943 e. The summed E-state index contributed by atoms with van der Waals surface area (Å²) < 4.78 is 0. The minimum Gasteiger partial charge on any atom is -0.0924 e. The van der Waals surface area contributed by atoms with Crippen LogP contribution in [0, 0.1) is 19.8 Å². The lowest BCUT2D eigenvalue weighted by molar-refractivity contribution is 0.527. The van der Waals surface area contributed by atoms with Gasteiger partial charge in [0.15, 0.2) is 0 Å². The molecule has 0 radical (unpaired) electrons. The van der Waals surface area contributed by atoms with Gasteiger partial charge in [-0.1, -0.05) is 111 Å². The molecule has 1 fully saturated rings. The number of aryl methyl sites for hydroxylation is 2. The predicted octanol–water partition coefficient (Wildman–Crippen LogP) is 8.37. The van der Waals surface area contributed by atoms with Gasteiger partial charge in [0.05, 0.1) is 0 Å². The molecule has 0 aromatic heterocycles. The maximum atomic E-state index is 2.62. The molecule has 0 nitrogen and oxygen atoms in total. The Morgan fingerprint density at radius 1 is 0.742 bits per heavy atom. The molecule has 1 saturated carbocycles. The van der Waals surface area contributed by atoms with E-state index in [0.29, 0.717) is 10.3 Å². The van der Waals surface area contributed by atoms with Gasteiger partial charge >= 0.3 is 0 Å². The Hall–Kier alpha value is -0.700. The van der Waals surface area contributed by atoms with Gasteiger partial charge in [-0.15, -0.1) is 0 Å². The zero-order chi connectivity index (χ0) is 23.0. The van der Waals surface area contributed by atoms with E-state index in [1.165, 1.54) is 30.4 Å². The maximum absolute atomic E-state index is 2.62. The van der Waals surface area contributed by atoms with Crippen molar-refractivity contribution in [3.05, 3.63) is 59.7 Å². The summed E-state index contributed by atoms with van der Waals surface area (Å²) in [7, 11) is -0.461. The van der Waals surface area contributed by atoms with Crippen LogP contribution in [0.4, 0.5) is 0 Å². The van der Waals surface area contributed by atoms with Crippen LogP contribution in [-0.4, -0.2) is 21.6 Å². The van der Waals surface area contributed by atoms with Crippen molar-refractivity contribution in [2.24, 2.45) is 5.92 Å². The lowest BCUT2D eigenvalue weighted by Gasteiger charge is -2.49. The van der Waals surface area contributed by atoms with E-state index in [0.717, 1.165) is 17.2 Å². The second kappa shape index (κ2) is 9.65. The molecule has 3 rings (SSSR count). The molecule has 2 aromatic carbocycles. The second-order valence-corrected chi connectivity index (χ2v) is 18.2. The van der Waals surface area contributed by atoms with E-state index in [2.05, 4.69) is 111 Å². The van der Waals surface area contributed by atoms with E-state index in [-0.39, 0.29) is 15.8 Å². The highest BCUT2D eigenvalue weighted by atomic mass is 31.1. The zero-order valence-corrected chi connectivity index (χ0v) is 23.2. The Morgan fingerprint density at radius 3 is 1.61 bits per heavy atom. The van der Waals surface area contributed by atoms with Crippen LogP contribution in [0.15, 0.2) is 48.5 Å². The van der Waals surface area contributed by atoms with Crippen LogP contribution in [0.2, 0.25) is 0 Å². The van der Waals surface area contributed by atoms with Gasteiger partial charge in [-0.2, -0.15) is 0 Å². The smallest absolute Gasteiger partial charge is 0.00943 e. The lowest BCUT2D eigenvalue weighted by atomic mass is 10.0. The van der Waals surface area contributed by atoms with Crippen LogP contribution in [0.1, 0.15) is 78.9 Å². The highest BCUT2D eigenvalue weighted by Gasteiger charge is 2.46. The summed E-state index contributed by atoms with van der Waals surface area (Å²) in [5, 5.41) is 4.00. The summed E-state index contributed by atoms with van der Waals surface area (Å²) in [6.07, 6.45) is 4.20. The zero-order valence-electron chi connectivity index (χ0n) is 21.4. The van der Waals surface area contributed by atoms with Crippen molar-refractivity contribution in [1.29, 1.82) is 0 Å². The fourth-order valence-corrected chi connectivity index (χ4v) is 15.4. The number of hydrogen-bond donors (Lipinski definition) is 0. The fraction of sp³-hybridized carbons (Fsp3) is 0.586. The van der Waals surface area contributed by atoms with Gasteiger partial charge in [-0.05, 0) is 83.9 Å². The first-order chi connectivity index (χ1) is 14.4. The highest BCUT2D eigenvalue weighted by Crippen LogP contribution is 2.67. The minimum absolute atomic E-state index is 0.109. The molecule has 170 valence electrons. The predicted molar refractivity (Wildman–Crippen MR) is 146 cm³/mol. The van der Waals surface area contributed by atoms with Crippen LogP contribution >= 0.6 is 15.8 Å². The molecule has 2 aromatic rings. The molecule has 0 bridgehead atoms. The Morgan fingerprint density at radius 2 is 1.19 bits per heavy atom. The van der Waals surface area contributed by atoms with Gasteiger partial charge in [0.2, 0.25) is 0 Å². The van der Waals surface area contributed by atoms with Crippen molar-refractivity contribution < 1.29 is 0 Å². The molecule has 0 amide bonds. The molecule has 2 heteroatoms. The van der Waals surface area contributed by atoms with Crippen molar-refractivity contribution in [2.45, 2.75) is 103 Å². The van der Waals surface area contributed by atoms with Crippen molar-refractivity contribution in [2.75, 3.05) is 0 Å². The monoisotopic (exact) mass is 454 g/mol. The minimum atomic E-state index is -0.352. The molecular formula is C29H44P2. The van der Waals surface area contributed by atoms with Gasteiger partial charge in [0, 0.05) is 0 Å². The number of rotatable bonds is 5. The van der Waals surface area contributed by atoms with Gasteiger partial charge in [0.1, 0.15) is 0 Å². The third-order valence-corrected chi connectivity index (χ3v) is 14.5. The summed E-state index contributed by atoms with van der Waals surface area (Å²) in [4.78, 5) is 0. The van der Waals surface area contributed by atoms with Crippen LogP contribution in [0.5, 0.6) is 0 Å². The van der Waals surface area contributed by atoms with Crippen LogP contribution in [-0.2, 0) is 0 Å². The normalized spacial score (nSPS) is 21.1. The standard InChI is InChI=1S/C29H44P2/c1-21-15-10-12-18-25(21)30(26-19-13-11-16-22(26)2)27-20-14-17-24(27)23(3)31(28(4,5)6)29(7,8)9/h10-13,15-16,18-19,23-24,27H,14,17,20H2,1-9H3/t23-,24?,27+/m1/s1. The van der Waals surface area contributed by atoms with Crippen LogP contribution < -0.4 is 10.6 Å². The summed E-state index contributed by atoms with van der Waals surface area (Å²) in [6.45, 7) is 22.2. The van der Waals surface area contributed by atoms with E-state index < -0.39 is 0 Å². The van der Waals surface area contributed by atoms with Crippen molar-refractivity contribution in [3.8, 4) is 0 Å². The Labute approximate surface area is 195 Å². The molecule has 0 aliphatic heterocycles. The van der Waals surface area contributed by atoms with Crippen LogP contribution in [0.3, 0.4) is 0 Å². The fourth-order valence-electron chi connectivity index (χ4n) is 6.43. The molecule has 1 aliphatic rings. The third kappa shape index (κ3) is 5.45. The van der Waals surface area contributed by atoms with E-state index in [1.807, 2.05) is 0 Å². The molecule has 1 aliphatic carbocycles. The van der Waals surface area contributed by atoms with E-state index in [4.69, 9.17) is 0 Å². The molecule has 0 heterocycles. The first-order valence-corrected chi connectivity index (χ1v) is 14.9. The summed E-state index contributed by atoms with van der Waals surface area (Å²) >= 11 is 0. The summed E-state index contributed by atoms with van der Waals surface area (Å²) in [5.74, 6) is 0.829. The van der Waals surface area contributed by atoms with Gasteiger partial charge < -0.3 is 0 Å². The van der Waals surface area contributed by atoms with E-state index >= 15 is 0 Å². The lowest BCUT2D eigenvalue weighted by Crippen LogP contribution is -2.37. The summed E-state index contributed by atoms with van der Waals surface area (Å²) in [5.41, 5.74) is 4.54. The molecule has 0 saturated heterocycles. The Kier molecular flexibility index (Phi) is 7.77. The average Bonchev–Trinajstić information content (AvgIpc) is 3.12. The molecule has 1 unspecified atom stereocenters. The topological polar surface area (TPSA) is 0 Å². The van der Waals surface area contributed by atoms with Gasteiger partial charge in [0.25, 0.3) is 0 Å². The molecule has 0 N–H and O–H groups in total. The van der Waals surface area contributed by atoms with Gasteiger partial charge in [-0.3, -0.25) is 0 Å². The van der Waals surface area contributed by atoms with E-state index in [1.54, 1.807) is 10.6 Å².